The van der Waals surface area contributed by atoms with Crippen LogP contribution in [0.25, 0.3) is 33.1 Å². The highest BCUT2D eigenvalue weighted by Crippen LogP contribution is 2.40. The lowest BCUT2D eigenvalue weighted by Crippen LogP contribution is -2.74. The van der Waals surface area contributed by atoms with E-state index < -0.39 is 8.07 Å². The van der Waals surface area contributed by atoms with E-state index in [1.807, 2.05) is 0 Å². The summed E-state index contributed by atoms with van der Waals surface area (Å²) in [7, 11) is -2.75. The predicted octanol–water partition coefficient (Wildman–Crippen LogP) is 11.6. The van der Waals surface area contributed by atoms with Crippen molar-refractivity contribution in [1.29, 1.82) is 0 Å². The first-order chi connectivity index (χ1) is 28.3. The van der Waals surface area contributed by atoms with Crippen molar-refractivity contribution in [3.05, 3.63) is 229 Å². The normalized spacial score (nSPS) is 14.3. The Balaban J connectivity index is 1.16. The Hall–Kier alpha value is -6.68. The van der Waals surface area contributed by atoms with Crippen molar-refractivity contribution in [1.82, 2.24) is 0 Å². The van der Waals surface area contributed by atoms with Crippen LogP contribution in [0.4, 0.5) is 11.4 Å². The maximum absolute atomic E-state index is 6.71. The molecule has 2 nitrogen and oxygen atoms in total. The van der Waals surface area contributed by atoms with Crippen LogP contribution < -0.4 is 25.6 Å². The van der Waals surface area contributed by atoms with Crippen molar-refractivity contribution in [2.45, 2.75) is 25.7 Å². The first-order valence-corrected chi connectivity index (χ1v) is 22.1. The summed E-state index contributed by atoms with van der Waals surface area (Å²) in [4.78, 5) is 2.48. The average molecular weight is 750 g/mol. The maximum Gasteiger partial charge on any atom is 0.179 e. The van der Waals surface area contributed by atoms with E-state index >= 15 is 0 Å². The number of anilines is 2. The van der Waals surface area contributed by atoms with E-state index in [0.717, 1.165) is 64.6 Å². The molecule has 1 heterocycles. The maximum atomic E-state index is 6.71. The molecule has 57 heavy (non-hydrogen) atoms. The van der Waals surface area contributed by atoms with Gasteiger partial charge in [-0.1, -0.05) is 164 Å². The predicted molar refractivity (Wildman–Crippen MR) is 243 cm³/mol. The first kappa shape index (κ1) is 34.8. The van der Waals surface area contributed by atoms with Gasteiger partial charge in [-0.15, -0.1) is 0 Å². The summed E-state index contributed by atoms with van der Waals surface area (Å²) < 4.78 is 6.71. The summed E-state index contributed by atoms with van der Waals surface area (Å²) in [6.07, 6.45) is 15.7. The van der Waals surface area contributed by atoms with Crippen LogP contribution in [0.1, 0.15) is 25.7 Å². The minimum Gasteiger partial charge on any atom is -0.456 e. The molecule has 0 aliphatic heterocycles. The third-order valence-electron chi connectivity index (χ3n) is 11.8. The van der Waals surface area contributed by atoms with Crippen molar-refractivity contribution in [3.8, 4) is 11.1 Å². The van der Waals surface area contributed by atoms with Crippen LogP contribution in [0.2, 0.25) is 0 Å². The second-order valence-corrected chi connectivity index (χ2v) is 18.9. The lowest BCUT2D eigenvalue weighted by molar-refractivity contribution is 0.669. The Morgan fingerprint density at radius 1 is 0.421 bits per heavy atom. The number of nitrogens with zero attached hydrogens (tertiary/aromatic N) is 1. The summed E-state index contributed by atoms with van der Waals surface area (Å²) in [5.74, 6) is 0. The molecule has 0 atom stereocenters. The van der Waals surface area contributed by atoms with Crippen LogP contribution in [0.5, 0.6) is 0 Å². The lowest BCUT2D eigenvalue weighted by Gasteiger charge is -2.36. The van der Waals surface area contributed by atoms with E-state index in [0.29, 0.717) is 0 Å². The number of allylic oxidation sites excluding steroid dienone is 8. The fourth-order valence-electron chi connectivity index (χ4n) is 9.09. The molecule has 0 saturated carbocycles. The average Bonchev–Trinajstić information content (AvgIpc) is 3.66. The molecule has 1 aromatic heterocycles. The zero-order valence-corrected chi connectivity index (χ0v) is 32.9. The van der Waals surface area contributed by atoms with Crippen molar-refractivity contribution in [3.63, 3.8) is 0 Å². The molecule has 0 saturated heterocycles. The molecule has 0 N–H and O–H groups in total. The molecule has 0 unspecified atom stereocenters. The van der Waals surface area contributed by atoms with Crippen LogP contribution in [-0.4, -0.2) is 8.07 Å². The summed E-state index contributed by atoms with van der Waals surface area (Å²) in [5.41, 5.74) is 10.6. The van der Waals surface area contributed by atoms with Gasteiger partial charge in [0.1, 0.15) is 11.2 Å². The number of benzene rings is 7. The molecule has 0 radical (unpaired) electrons. The molecule has 0 fully saturated rings. The second-order valence-electron chi connectivity index (χ2n) is 15.1. The largest absolute Gasteiger partial charge is 0.456 e. The molecule has 274 valence electrons. The summed E-state index contributed by atoms with van der Waals surface area (Å²) in [6, 6.07) is 66.8. The zero-order chi connectivity index (χ0) is 38.0. The Morgan fingerprint density at radius 2 is 1.00 bits per heavy atom. The van der Waals surface area contributed by atoms with E-state index in [2.05, 4.69) is 217 Å². The van der Waals surface area contributed by atoms with E-state index in [9.17, 15) is 0 Å². The molecular formula is C54H43NOSi. The fourth-order valence-corrected chi connectivity index (χ4v) is 13.9. The molecule has 0 amide bonds. The van der Waals surface area contributed by atoms with Gasteiger partial charge in [-0.05, 0) is 111 Å². The highest BCUT2D eigenvalue weighted by atomic mass is 28.3. The third-order valence-corrected chi connectivity index (χ3v) is 16.6. The van der Waals surface area contributed by atoms with E-state index in [1.54, 1.807) is 0 Å². The standard InChI is InChI=1S/C54H43NOSi/c1-6-17-40(18-7-1)42-29-32-44(33-30-42)55(46-34-36-52-51-35-31-43(41-19-8-2-9-20-41)37-53(51)56-54(52)39-46)45-21-16-28-50(38-45)57(47-22-10-3-11-23-47,48-24-12-4-13-25-48)49-26-14-5-15-27-49/h1-6,8-17,19-29,31-32,34-39H,7,18,30,33H2. The van der Waals surface area contributed by atoms with Crippen molar-refractivity contribution in [2.24, 2.45) is 0 Å². The summed E-state index contributed by atoms with van der Waals surface area (Å²) >= 11 is 0. The van der Waals surface area contributed by atoms with Crippen molar-refractivity contribution >= 4 is 62.1 Å². The minimum absolute atomic E-state index is 0.891. The van der Waals surface area contributed by atoms with Gasteiger partial charge in [0.25, 0.3) is 0 Å². The first-order valence-electron chi connectivity index (χ1n) is 20.1. The van der Waals surface area contributed by atoms with Gasteiger partial charge in [0.2, 0.25) is 0 Å². The van der Waals surface area contributed by atoms with Crippen molar-refractivity contribution in [2.75, 3.05) is 4.90 Å². The number of fused-ring (bicyclic) bond motifs is 3. The summed E-state index contributed by atoms with van der Waals surface area (Å²) in [5, 5.41) is 7.70. The van der Waals surface area contributed by atoms with Crippen LogP contribution in [-0.2, 0) is 0 Å². The molecule has 2 aliphatic carbocycles. The Labute approximate surface area is 336 Å². The third kappa shape index (κ3) is 6.40. The zero-order valence-electron chi connectivity index (χ0n) is 31.9. The number of furan rings is 1. The van der Waals surface area contributed by atoms with Gasteiger partial charge in [0, 0.05) is 33.9 Å². The SMILES string of the molecule is C1=CCCC(C2=CC=C(N(c3cccc([Si](c4ccccc4)(c4ccccc4)c4ccccc4)c3)c3ccc4c(c3)oc3cc(-c5ccccc5)ccc34)CC2)=C1. The quantitative estimate of drug-likeness (QED) is 0.108. The van der Waals surface area contributed by atoms with Crippen LogP contribution >= 0.6 is 0 Å². The van der Waals surface area contributed by atoms with Crippen molar-refractivity contribution < 1.29 is 4.42 Å². The molecule has 8 aromatic rings. The number of rotatable bonds is 9. The monoisotopic (exact) mass is 749 g/mol. The molecule has 2 aliphatic rings. The molecule has 3 heteroatoms. The van der Waals surface area contributed by atoms with Crippen LogP contribution in [0, 0.1) is 0 Å². The van der Waals surface area contributed by atoms with Gasteiger partial charge < -0.3 is 9.32 Å². The van der Waals surface area contributed by atoms with Gasteiger partial charge in [-0.3, -0.25) is 0 Å². The minimum atomic E-state index is -2.75. The molecule has 10 rings (SSSR count). The van der Waals surface area contributed by atoms with Gasteiger partial charge in [0.05, 0.1) is 0 Å². The van der Waals surface area contributed by atoms with E-state index in [4.69, 9.17) is 4.42 Å². The van der Waals surface area contributed by atoms with E-state index in [-0.39, 0.29) is 0 Å². The van der Waals surface area contributed by atoms with Gasteiger partial charge in [-0.25, -0.2) is 0 Å². The van der Waals surface area contributed by atoms with Gasteiger partial charge in [0.15, 0.2) is 8.07 Å². The number of hydrogen-bond acceptors (Lipinski definition) is 2. The van der Waals surface area contributed by atoms with Crippen LogP contribution in [0.3, 0.4) is 0 Å². The number of hydrogen-bond donors (Lipinski definition) is 0. The molecule has 0 bridgehead atoms. The molecule has 0 spiro atoms. The second kappa shape index (κ2) is 15.1. The van der Waals surface area contributed by atoms with E-state index in [1.165, 1.54) is 43.2 Å². The van der Waals surface area contributed by atoms with Gasteiger partial charge >= 0.3 is 0 Å². The highest BCUT2D eigenvalue weighted by molar-refractivity contribution is 7.19. The Morgan fingerprint density at radius 3 is 1.61 bits per heavy atom. The fraction of sp³-hybridized carbons (Fsp3) is 0.0741. The Kier molecular flexibility index (Phi) is 9.21. The topological polar surface area (TPSA) is 16.4 Å². The lowest BCUT2D eigenvalue weighted by atomic mass is 9.90. The van der Waals surface area contributed by atoms with Crippen LogP contribution in [0.15, 0.2) is 234 Å². The Bertz CT molecular complexity index is 2730. The molecular weight excluding hydrogens is 707 g/mol. The summed E-state index contributed by atoms with van der Waals surface area (Å²) in [6.45, 7) is 0. The van der Waals surface area contributed by atoms with Gasteiger partial charge in [-0.2, -0.15) is 0 Å². The molecule has 7 aromatic carbocycles. The smallest absolute Gasteiger partial charge is 0.179 e. The highest BCUT2D eigenvalue weighted by Gasteiger charge is 2.41.